The summed E-state index contributed by atoms with van der Waals surface area (Å²) in [4.78, 5) is 23.0. The molecule has 0 saturated heterocycles. The summed E-state index contributed by atoms with van der Waals surface area (Å²) in [6.07, 6.45) is 5.98. The molecular formula is C16H28O3. The first-order valence-corrected chi connectivity index (χ1v) is 7.78. The summed E-state index contributed by atoms with van der Waals surface area (Å²) in [5.74, 6) is 1.96. The van der Waals surface area contributed by atoms with Crippen molar-refractivity contribution in [2.45, 2.75) is 77.7 Å². The molecule has 110 valence electrons. The van der Waals surface area contributed by atoms with Gasteiger partial charge in [-0.2, -0.15) is 0 Å². The first-order chi connectivity index (χ1) is 9.06. The topological polar surface area (TPSA) is 54.4 Å². The molecule has 1 rings (SSSR count). The summed E-state index contributed by atoms with van der Waals surface area (Å²) in [6, 6.07) is 0. The van der Waals surface area contributed by atoms with Gasteiger partial charge in [0.25, 0.3) is 0 Å². The normalized spacial score (nSPS) is 23.1. The average Bonchev–Trinajstić information content (AvgIpc) is 3.12. The highest BCUT2D eigenvalue weighted by Crippen LogP contribution is 2.44. The zero-order chi connectivity index (χ0) is 14.3. The van der Waals surface area contributed by atoms with Crippen LogP contribution in [0.2, 0.25) is 0 Å². The van der Waals surface area contributed by atoms with Gasteiger partial charge in [-0.1, -0.05) is 20.3 Å². The van der Waals surface area contributed by atoms with E-state index in [1.54, 1.807) is 0 Å². The summed E-state index contributed by atoms with van der Waals surface area (Å²) in [7, 11) is 0. The second-order valence-electron chi connectivity index (χ2n) is 5.93. The van der Waals surface area contributed by atoms with Gasteiger partial charge in [-0.25, -0.2) is 0 Å². The minimum Gasteiger partial charge on any atom is -0.393 e. The lowest BCUT2D eigenvalue weighted by Crippen LogP contribution is -2.15. The third kappa shape index (κ3) is 6.86. The first-order valence-electron chi connectivity index (χ1n) is 7.78. The summed E-state index contributed by atoms with van der Waals surface area (Å²) in [6.45, 7) is 4.16. The lowest BCUT2D eigenvalue weighted by atomic mass is 10.0. The Morgan fingerprint density at radius 2 is 1.84 bits per heavy atom. The number of aliphatic hydroxyl groups excluding tert-OH is 1. The van der Waals surface area contributed by atoms with Crippen LogP contribution in [0.3, 0.4) is 0 Å². The number of hydrogen-bond donors (Lipinski definition) is 1. The van der Waals surface area contributed by atoms with Crippen molar-refractivity contribution in [2.75, 3.05) is 0 Å². The van der Waals surface area contributed by atoms with Gasteiger partial charge in [-0.15, -0.1) is 0 Å². The molecular weight excluding hydrogens is 240 g/mol. The molecule has 0 aromatic heterocycles. The molecule has 1 aliphatic rings. The summed E-state index contributed by atoms with van der Waals surface area (Å²) >= 11 is 0. The maximum Gasteiger partial charge on any atom is 0.135 e. The van der Waals surface area contributed by atoms with Crippen LogP contribution in [0, 0.1) is 11.8 Å². The van der Waals surface area contributed by atoms with Crippen molar-refractivity contribution < 1.29 is 14.7 Å². The van der Waals surface area contributed by atoms with Gasteiger partial charge in [0.1, 0.15) is 11.6 Å². The highest BCUT2D eigenvalue weighted by Gasteiger charge is 2.34. The monoisotopic (exact) mass is 268 g/mol. The molecule has 0 radical (unpaired) electrons. The molecule has 0 aliphatic heterocycles. The molecule has 0 aromatic carbocycles. The van der Waals surface area contributed by atoms with E-state index in [2.05, 4.69) is 6.92 Å². The largest absolute Gasteiger partial charge is 0.393 e. The van der Waals surface area contributed by atoms with Gasteiger partial charge in [0.2, 0.25) is 0 Å². The fourth-order valence-corrected chi connectivity index (χ4v) is 2.71. The first kappa shape index (κ1) is 16.4. The van der Waals surface area contributed by atoms with E-state index in [0.717, 1.165) is 24.7 Å². The van der Waals surface area contributed by atoms with E-state index in [1.165, 1.54) is 12.8 Å². The zero-order valence-corrected chi connectivity index (χ0v) is 12.4. The van der Waals surface area contributed by atoms with Crippen LogP contribution in [0.25, 0.3) is 0 Å². The second kappa shape index (κ2) is 8.47. The van der Waals surface area contributed by atoms with E-state index >= 15 is 0 Å². The lowest BCUT2D eigenvalue weighted by molar-refractivity contribution is -0.123. The Morgan fingerprint density at radius 1 is 1.11 bits per heavy atom. The van der Waals surface area contributed by atoms with Crippen molar-refractivity contribution >= 4 is 11.6 Å². The number of carbonyl (C=O) groups is 2. The molecule has 0 aromatic rings. The third-order valence-electron chi connectivity index (χ3n) is 4.14. The fourth-order valence-electron chi connectivity index (χ4n) is 2.71. The minimum atomic E-state index is -0.632. The van der Waals surface area contributed by atoms with Crippen LogP contribution in [-0.4, -0.2) is 22.8 Å². The Kier molecular flexibility index (Phi) is 7.29. The van der Waals surface area contributed by atoms with E-state index in [4.69, 9.17) is 0 Å². The van der Waals surface area contributed by atoms with Crippen molar-refractivity contribution in [1.82, 2.24) is 0 Å². The number of rotatable bonds is 11. The summed E-state index contributed by atoms with van der Waals surface area (Å²) in [5, 5.41) is 9.69. The molecule has 1 N–H and O–H groups in total. The fraction of sp³-hybridized carbons (Fsp3) is 0.875. The smallest absolute Gasteiger partial charge is 0.135 e. The van der Waals surface area contributed by atoms with Crippen LogP contribution in [0.4, 0.5) is 0 Å². The van der Waals surface area contributed by atoms with Gasteiger partial charge in [0, 0.05) is 25.7 Å². The van der Waals surface area contributed by atoms with Gasteiger partial charge in [-0.05, 0) is 37.5 Å². The molecule has 3 heteroatoms. The average molecular weight is 268 g/mol. The predicted octanol–water partition coefficient (Wildman–Crippen LogP) is 3.28. The molecule has 3 unspecified atom stereocenters. The summed E-state index contributed by atoms with van der Waals surface area (Å²) in [5.41, 5.74) is 0. The Hall–Kier alpha value is -0.700. The molecule has 0 spiro atoms. The molecule has 0 amide bonds. The third-order valence-corrected chi connectivity index (χ3v) is 4.14. The lowest BCUT2D eigenvalue weighted by Gasteiger charge is -2.08. The maximum absolute atomic E-state index is 11.7. The maximum atomic E-state index is 11.7. The van der Waals surface area contributed by atoms with Crippen LogP contribution >= 0.6 is 0 Å². The van der Waals surface area contributed by atoms with Gasteiger partial charge < -0.3 is 5.11 Å². The van der Waals surface area contributed by atoms with Crippen molar-refractivity contribution in [2.24, 2.45) is 11.8 Å². The number of Topliss-reactive ketones (excluding diaryl/α,β-unsaturated/α-hetero) is 2. The van der Waals surface area contributed by atoms with E-state index in [1.807, 2.05) is 6.92 Å². The van der Waals surface area contributed by atoms with Gasteiger partial charge in [0.05, 0.1) is 6.10 Å². The number of ketones is 2. The standard InChI is InChI=1S/C16H28O3/c1-3-5-15(18)11-16(19)9-8-14(17)7-6-13-10-12(13)4-2/h12-13,16,19H,3-11H2,1-2H3. The Bertz CT molecular complexity index is 298. The van der Waals surface area contributed by atoms with Crippen molar-refractivity contribution in [3.63, 3.8) is 0 Å². The minimum absolute atomic E-state index is 0.103. The molecule has 1 aliphatic carbocycles. The van der Waals surface area contributed by atoms with Crippen LogP contribution in [0.5, 0.6) is 0 Å². The Balaban J connectivity index is 2.04. The van der Waals surface area contributed by atoms with E-state index in [-0.39, 0.29) is 18.0 Å². The molecule has 0 heterocycles. The van der Waals surface area contributed by atoms with Crippen LogP contribution in [-0.2, 0) is 9.59 Å². The zero-order valence-electron chi connectivity index (χ0n) is 12.4. The highest BCUT2D eigenvalue weighted by molar-refractivity contribution is 5.79. The molecule has 19 heavy (non-hydrogen) atoms. The van der Waals surface area contributed by atoms with Crippen molar-refractivity contribution in [3.8, 4) is 0 Å². The van der Waals surface area contributed by atoms with Crippen molar-refractivity contribution in [3.05, 3.63) is 0 Å². The molecule has 3 nitrogen and oxygen atoms in total. The molecule has 1 fully saturated rings. The van der Waals surface area contributed by atoms with Crippen LogP contribution in [0.1, 0.15) is 71.6 Å². The van der Waals surface area contributed by atoms with Gasteiger partial charge >= 0.3 is 0 Å². The Morgan fingerprint density at radius 3 is 2.42 bits per heavy atom. The van der Waals surface area contributed by atoms with E-state index < -0.39 is 6.10 Å². The SMILES string of the molecule is CCCC(=O)CC(O)CCC(=O)CCC1CC1CC. The Labute approximate surface area is 116 Å². The van der Waals surface area contributed by atoms with E-state index in [9.17, 15) is 14.7 Å². The van der Waals surface area contributed by atoms with Crippen LogP contribution < -0.4 is 0 Å². The summed E-state index contributed by atoms with van der Waals surface area (Å²) < 4.78 is 0. The van der Waals surface area contributed by atoms with Gasteiger partial charge in [-0.3, -0.25) is 9.59 Å². The number of aliphatic hydroxyl groups is 1. The number of carbonyl (C=O) groups excluding carboxylic acids is 2. The van der Waals surface area contributed by atoms with E-state index in [0.29, 0.717) is 25.7 Å². The highest BCUT2D eigenvalue weighted by atomic mass is 16.3. The molecule has 0 bridgehead atoms. The molecule has 1 saturated carbocycles. The molecule has 3 atom stereocenters. The predicted molar refractivity (Wildman–Crippen MR) is 75.9 cm³/mol. The van der Waals surface area contributed by atoms with Gasteiger partial charge in [0.15, 0.2) is 0 Å². The van der Waals surface area contributed by atoms with Crippen LogP contribution in [0.15, 0.2) is 0 Å². The second-order valence-corrected chi connectivity index (χ2v) is 5.93. The van der Waals surface area contributed by atoms with Crippen molar-refractivity contribution in [1.29, 1.82) is 0 Å². The number of hydrogen-bond acceptors (Lipinski definition) is 3. The quantitative estimate of drug-likeness (QED) is 0.625.